The molecule has 0 fully saturated rings. The van der Waals surface area contributed by atoms with Crippen LogP contribution in [0, 0.1) is 5.92 Å². The summed E-state index contributed by atoms with van der Waals surface area (Å²) in [6.45, 7) is 7.96. The molecular formula is C19H22N2O3S. The zero-order chi connectivity index (χ0) is 18.0. The van der Waals surface area contributed by atoms with Crippen LogP contribution in [0.25, 0.3) is 0 Å². The van der Waals surface area contributed by atoms with Crippen LogP contribution in [0.1, 0.15) is 44.1 Å². The maximum absolute atomic E-state index is 12.7. The first kappa shape index (κ1) is 17.6. The average molecular weight is 358 g/mol. The first-order chi connectivity index (χ1) is 12.0. The molecule has 2 unspecified atom stereocenters. The quantitative estimate of drug-likeness (QED) is 0.746. The Kier molecular flexibility index (Phi) is 5.18. The number of esters is 1. The van der Waals surface area contributed by atoms with Crippen molar-refractivity contribution in [2.75, 3.05) is 6.61 Å². The van der Waals surface area contributed by atoms with Gasteiger partial charge in [0, 0.05) is 28.3 Å². The number of ether oxygens (including phenoxy) is 2. The smallest absolute Gasteiger partial charge is 0.315 e. The van der Waals surface area contributed by atoms with Crippen molar-refractivity contribution in [3.05, 3.63) is 40.2 Å². The Bertz CT molecular complexity index is 784. The number of pyridine rings is 1. The molecule has 0 bridgehead atoms. The molecule has 0 saturated heterocycles. The van der Waals surface area contributed by atoms with Gasteiger partial charge in [-0.05, 0) is 45.2 Å². The van der Waals surface area contributed by atoms with Crippen molar-refractivity contribution in [1.29, 1.82) is 0 Å². The van der Waals surface area contributed by atoms with Gasteiger partial charge in [0.1, 0.15) is 5.92 Å². The summed E-state index contributed by atoms with van der Waals surface area (Å²) in [6, 6.07) is 5.90. The van der Waals surface area contributed by atoms with Crippen molar-refractivity contribution in [2.45, 2.75) is 39.7 Å². The van der Waals surface area contributed by atoms with Gasteiger partial charge in [-0.2, -0.15) is 0 Å². The van der Waals surface area contributed by atoms with Gasteiger partial charge in [0.2, 0.25) is 5.88 Å². The molecule has 0 aliphatic carbocycles. The molecule has 1 aliphatic heterocycles. The molecule has 3 rings (SSSR count). The van der Waals surface area contributed by atoms with Gasteiger partial charge in [0.15, 0.2) is 0 Å². The van der Waals surface area contributed by atoms with Gasteiger partial charge < -0.3 is 9.47 Å². The van der Waals surface area contributed by atoms with Crippen LogP contribution in [0.3, 0.4) is 0 Å². The van der Waals surface area contributed by atoms with Crippen molar-refractivity contribution >= 4 is 28.7 Å². The lowest BCUT2D eigenvalue weighted by atomic mass is 9.79. The van der Waals surface area contributed by atoms with Gasteiger partial charge in [0.05, 0.1) is 18.4 Å². The number of aliphatic imine (C=N–C) groups is 1. The summed E-state index contributed by atoms with van der Waals surface area (Å²) in [6.07, 6.45) is 1.68. The summed E-state index contributed by atoms with van der Waals surface area (Å²) in [5.41, 5.74) is 2.43. The van der Waals surface area contributed by atoms with E-state index in [1.165, 1.54) is 0 Å². The molecular weight excluding hydrogens is 336 g/mol. The zero-order valence-electron chi connectivity index (χ0n) is 14.9. The monoisotopic (exact) mass is 358 g/mol. The van der Waals surface area contributed by atoms with Gasteiger partial charge in [0.25, 0.3) is 0 Å². The van der Waals surface area contributed by atoms with Crippen LogP contribution in [0.2, 0.25) is 0 Å². The van der Waals surface area contributed by atoms with E-state index >= 15 is 0 Å². The van der Waals surface area contributed by atoms with Gasteiger partial charge in [-0.1, -0.05) is 6.07 Å². The molecule has 0 amide bonds. The zero-order valence-corrected chi connectivity index (χ0v) is 15.7. The van der Waals surface area contributed by atoms with Crippen molar-refractivity contribution in [2.24, 2.45) is 10.9 Å². The van der Waals surface area contributed by atoms with Gasteiger partial charge in [-0.15, -0.1) is 11.3 Å². The van der Waals surface area contributed by atoms with Gasteiger partial charge >= 0.3 is 5.97 Å². The highest BCUT2D eigenvalue weighted by Gasteiger charge is 2.41. The number of aromatic nitrogens is 1. The van der Waals surface area contributed by atoms with Gasteiger partial charge in [-0.25, -0.2) is 4.98 Å². The van der Waals surface area contributed by atoms with Crippen molar-refractivity contribution < 1.29 is 14.3 Å². The lowest BCUT2D eigenvalue weighted by Crippen LogP contribution is -2.33. The highest BCUT2D eigenvalue weighted by Crippen LogP contribution is 2.47. The predicted molar refractivity (Wildman–Crippen MR) is 99.1 cm³/mol. The molecule has 0 aromatic carbocycles. The molecule has 2 aromatic heterocycles. The normalized spacial score (nSPS) is 19.3. The standard InChI is InChI=1S/C19H22N2O3S/c1-5-23-19(22)15-12(4)21-13-8-9-20-18(24-11(2)3)16(13)17(15)14-7-6-10-25-14/h6-11,15,17H,5H2,1-4H3. The van der Waals surface area contributed by atoms with Crippen LogP contribution in [-0.4, -0.2) is 29.4 Å². The maximum Gasteiger partial charge on any atom is 0.315 e. The van der Waals surface area contributed by atoms with E-state index in [2.05, 4.69) is 9.98 Å². The van der Waals surface area contributed by atoms with Crippen molar-refractivity contribution in [1.82, 2.24) is 4.98 Å². The molecule has 25 heavy (non-hydrogen) atoms. The second-order valence-electron chi connectivity index (χ2n) is 6.19. The second-order valence-corrected chi connectivity index (χ2v) is 7.17. The minimum atomic E-state index is -0.468. The molecule has 0 saturated carbocycles. The third kappa shape index (κ3) is 3.44. The number of hydrogen-bond acceptors (Lipinski definition) is 6. The van der Waals surface area contributed by atoms with Gasteiger partial charge in [-0.3, -0.25) is 9.79 Å². The summed E-state index contributed by atoms with van der Waals surface area (Å²) in [5, 5.41) is 2.01. The minimum absolute atomic E-state index is 0.0176. The number of thiophene rings is 1. The van der Waals surface area contributed by atoms with Crippen LogP contribution >= 0.6 is 11.3 Å². The third-order valence-electron chi connectivity index (χ3n) is 4.06. The van der Waals surface area contributed by atoms with E-state index in [0.29, 0.717) is 12.5 Å². The van der Waals surface area contributed by atoms with E-state index in [9.17, 15) is 4.79 Å². The van der Waals surface area contributed by atoms with Crippen molar-refractivity contribution in [3.63, 3.8) is 0 Å². The molecule has 5 nitrogen and oxygen atoms in total. The van der Waals surface area contributed by atoms with E-state index in [0.717, 1.165) is 21.8 Å². The van der Waals surface area contributed by atoms with Crippen LogP contribution in [-0.2, 0) is 9.53 Å². The molecule has 0 radical (unpaired) electrons. The summed E-state index contributed by atoms with van der Waals surface area (Å²) < 4.78 is 11.3. The SMILES string of the molecule is CCOC(=O)C1C(C)=Nc2ccnc(OC(C)C)c2C1c1cccs1. The third-order valence-corrected chi connectivity index (χ3v) is 5.01. The summed E-state index contributed by atoms with van der Waals surface area (Å²) in [4.78, 5) is 22.9. The molecule has 1 aliphatic rings. The number of carbonyl (C=O) groups is 1. The molecule has 0 spiro atoms. The minimum Gasteiger partial charge on any atom is -0.475 e. The number of hydrogen-bond donors (Lipinski definition) is 0. The topological polar surface area (TPSA) is 60.8 Å². The highest BCUT2D eigenvalue weighted by atomic mass is 32.1. The second kappa shape index (κ2) is 7.35. The van der Waals surface area contributed by atoms with Crippen LogP contribution < -0.4 is 4.74 Å². The Morgan fingerprint density at radius 3 is 2.80 bits per heavy atom. The number of rotatable bonds is 5. The molecule has 6 heteroatoms. The molecule has 0 N–H and O–H groups in total. The fourth-order valence-electron chi connectivity index (χ4n) is 3.13. The lowest BCUT2D eigenvalue weighted by Gasteiger charge is -2.31. The Morgan fingerprint density at radius 1 is 1.36 bits per heavy atom. The van der Waals surface area contributed by atoms with Crippen LogP contribution in [0.15, 0.2) is 34.8 Å². The number of carbonyl (C=O) groups excluding carboxylic acids is 1. The number of nitrogens with zero attached hydrogens (tertiary/aromatic N) is 2. The Hall–Kier alpha value is -2.21. The van der Waals surface area contributed by atoms with Crippen LogP contribution in [0.5, 0.6) is 5.88 Å². The highest BCUT2D eigenvalue weighted by molar-refractivity contribution is 7.10. The fraction of sp³-hybridized carbons (Fsp3) is 0.421. The first-order valence-corrected chi connectivity index (χ1v) is 9.31. The largest absolute Gasteiger partial charge is 0.475 e. The van der Waals surface area contributed by atoms with E-state index in [1.807, 2.05) is 51.3 Å². The molecule has 2 aromatic rings. The predicted octanol–water partition coefficient (Wildman–Crippen LogP) is 4.35. The molecule has 132 valence electrons. The van der Waals surface area contributed by atoms with E-state index in [4.69, 9.17) is 9.47 Å². The molecule has 3 heterocycles. The lowest BCUT2D eigenvalue weighted by molar-refractivity contribution is -0.145. The van der Waals surface area contributed by atoms with Crippen molar-refractivity contribution in [3.8, 4) is 5.88 Å². The Balaban J connectivity index is 2.18. The number of fused-ring (bicyclic) bond motifs is 1. The fourth-order valence-corrected chi connectivity index (χ4v) is 4.00. The summed E-state index contributed by atoms with van der Waals surface area (Å²) in [7, 11) is 0. The van der Waals surface area contributed by atoms with E-state index < -0.39 is 5.92 Å². The summed E-state index contributed by atoms with van der Waals surface area (Å²) in [5.74, 6) is -0.387. The van der Waals surface area contributed by atoms with E-state index in [-0.39, 0.29) is 18.0 Å². The van der Waals surface area contributed by atoms with Crippen LogP contribution in [0.4, 0.5) is 5.69 Å². The molecule has 2 atom stereocenters. The Morgan fingerprint density at radius 2 is 2.16 bits per heavy atom. The summed E-state index contributed by atoms with van der Waals surface area (Å²) >= 11 is 1.62. The first-order valence-electron chi connectivity index (χ1n) is 8.43. The van der Waals surface area contributed by atoms with E-state index in [1.54, 1.807) is 17.5 Å². The maximum atomic E-state index is 12.7. The Labute approximate surface area is 151 Å². The average Bonchev–Trinajstić information content (AvgIpc) is 3.07.